The quantitative estimate of drug-likeness (QED) is 0.731. The number of alkyl halides is 1. The summed E-state index contributed by atoms with van der Waals surface area (Å²) in [5.74, 6) is 0.402. The topological polar surface area (TPSA) is 49.7 Å². The first-order valence-electron chi connectivity index (χ1n) is 6.08. The Morgan fingerprint density at radius 3 is 2.95 bits per heavy atom. The van der Waals surface area contributed by atoms with E-state index in [0.29, 0.717) is 38.8 Å². The van der Waals surface area contributed by atoms with Gasteiger partial charge in [-0.2, -0.15) is 0 Å². The molecule has 2 aliphatic heterocycles. The predicted molar refractivity (Wildman–Crippen MR) is 82.5 cm³/mol. The van der Waals surface area contributed by atoms with Crippen molar-refractivity contribution in [3.05, 3.63) is 22.7 Å². The number of amidine groups is 1. The normalized spacial score (nSPS) is 23.9. The van der Waals surface area contributed by atoms with Crippen LogP contribution in [0.1, 0.15) is 12.0 Å². The van der Waals surface area contributed by atoms with Gasteiger partial charge >= 0.3 is 0 Å². The Morgan fingerprint density at radius 1 is 1.50 bits per heavy atom. The van der Waals surface area contributed by atoms with Crippen LogP contribution in [-0.4, -0.2) is 36.4 Å². The van der Waals surface area contributed by atoms with Gasteiger partial charge in [0.25, 0.3) is 10.0 Å². The number of sulfonamides is 1. The molecule has 0 saturated carbocycles. The average Bonchev–Trinajstić information content (AvgIpc) is 2.41. The van der Waals surface area contributed by atoms with Gasteiger partial charge in [-0.05, 0) is 42.8 Å². The fraction of sp³-hybridized carbons (Fsp3) is 0.417. The van der Waals surface area contributed by atoms with Crippen molar-refractivity contribution in [3.63, 3.8) is 0 Å². The number of nitrogens with zero attached hydrogens (tertiary/aromatic N) is 2. The number of fused-ring (bicyclic) bond motifs is 2. The molecule has 20 heavy (non-hydrogen) atoms. The van der Waals surface area contributed by atoms with Crippen molar-refractivity contribution < 1.29 is 8.42 Å². The number of hydrogen-bond donors (Lipinski definition) is 0. The molecule has 0 spiro atoms. The van der Waals surface area contributed by atoms with Crippen LogP contribution >= 0.6 is 35.0 Å². The van der Waals surface area contributed by atoms with E-state index in [9.17, 15) is 8.42 Å². The van der Waals surface area contributed by atoms with Gasteiger partial charge in [-0.15, -0.1) is 11.6 Å². The number of halogens is 2. The summed E-state index contributed by atoms with van der Waals surface area (Å²) in [7, 11) is -3.53. The first kappa shape index (κ1) is 14.5. The minimum atomic E-state index is -3.53. The monoisotopic (exact) mass is 350 g/mol. The standard InChI is InChI=1S/C12H12Cl2N2O2S2/c1-7-4-11-10(5-9(7)14)19-12-15-8(6-13)2-3-16(12)20(11,17)18/h4-5,8H,2-3,6H2,1H3. The number of aliphatic imine (C=N–C) groups is 1. The fourth-order valence-electron chi connectivity index (χ4n) is 2.19. The molecule has 108 valence electrons. The van der Waals surface area contributed by atoms with E-state index >= 15 is 0 Å². The summed E-state index contributed by atoms with van der Waals surface area (Å²) in [5.41, 5.74) is 0.755. The smallest absolute Gasteiger partial charge is 0.257 e. The van der Waals surface area contributed by atoms with Crippen LogP contribution in [0.15, 0.2) is 26.9 Å². The van der Waals surface area contributed by atoms with Crippen molar-refractivity contribution in [2.75, 3.05) is 12.4 Å². The highest BCUT2D eigenvalue weighted by Gasteiger charge is 2.38. The van der Waals surface area contributed by atoms with E-state index in [0.717, 1.165) is 5.56 Å². The highest BCUT2D eigenvalue weighted by molar-refractivity contribution is 8.16. The summed E-state index contributed by atoms with van der Waals surface area (Å²) in [5, 5.41) is 1.06. The lowest BCUT2D eigenvalue weighted by molar-refractivity contribution is 0.475. The van der Waals surface area contributed by atoms with E-state index in [1.807, 2.05) is 0 Å². The van der Waals surface area contributed by atoms with E-state index < -0.39 is 10.0 Å². The minimum absolute atomic E-state index is 0.0203. The van der Waals surface area contributed by atoms with Gasteiger partial charge in [0.2, 0.25) is 0 Å². The maximum atomic E-state index is 12.7. The van der Waals surface area contributed by atoms with E-state index in [1.54, 1.807) is 19.1 Å². The largest absolute Gasteiger partial charge is 0.267 e. The number of hydrogen-bond acceptors (Lipinski definition) is 4. The van der Waals surface area contributed by atoms with E-state index in [1.165, 1.54) is 16.1 Å². The zero-order chi connectivity index (χ0) is 14.5. The van der Waals surface area contributed by atoms with Crippen LogP contribution in [0, 0.1) is 6.92 Å². The molecule has 2 heterocycles. The summed E-state index contributed by atoms with van der Waals surface area (Å²) in [6.45, 7) is 2.22. The van der Waals surface area contributed by atoms with Crippen molar-refractivity contribution in [2.24, 2.45) is 4.99 Å². The van der Waals surface area contributed by atoms with Crippen LogP contribution in [0.25, 0.3) is 0 Å². The highest BCUT2D eigenvalue weighted by Crippen LogP contribution is 2.41. The van der Waals surface area contributed by atoms with Crippen molar-refractivity contribution in [3.8, 4) is 0 Å². The molecule has 3 rings (SSSR count). The second-order valence-electron chi connectivity index (χ2n) is 4.74. The number of benzene rings is 1. The van der Waals surface area contributed by atoms with E-state index in [-0.39, 0.29) is 6.04 Å². The molecule has 1 aromatic rings. The van der Waals surface area contributed by atoms with Crippen molar-refractivity contribution in [1.82, 2.24) is 4.31 Å². The molecule has 8 heteroatoms. The lowest BCUT2D eigenvalue weighted by Crippen LogP contribution is -2.43. The Balaban J connectivity index is 2.17. The third-order valence-electron chi connectivity index (χ3n) is 3.34. The summed E-state index contributed by atoms with van der Waals surface area (Å²) >= 11 is 13.2. The number of aryl methyl sites for hydroxylation is 1. The van der Waals surface area contributed by atoms with Crippen LogP contribution in [0.4, 0.5) is 0 Å². The molecule has 0 amide bonds. The number of rotatable bonds is 1. The Hall–Kier alpha value is -0.430. The third kappa shape index (κ3) is 2.22. The molecule has 1 aromatic carbocycles. The maximum absolute atomic E-state index is 12.7. The van der Waals surface area contributed by atoms with Crippen LogP contribution < -0.4 is 0 Å². The summed E-state index contributed by atoms with van der Waals surface area (Å²) < 4.78 is 26.7. The van der Waals surface area contributed by atoms with Gasteiger partial charge in [0, 0.05) is 22.3 Å². The molecule has 0 fully saturated rings. The molecule has 0 radical (unpaired) electrons. The second-order valence-corrected chi connectivity index (χ2v) is 8.29. The lowest BCUT2D eigenvalue weighted by Gasteiger charge is -2.34. The molecular formula is C12H12Cl2N2O2S2. The van der Waals surface area contributed by atoms with E-state index in [4.69, 9.17) is 23.2 Å². The molecule has 4 nitrogen and oxygen atoms in total. The zero-order valence-electron chi connectivity index (χ0n) is 10.6. The summed E-state index contributed by atoms with van der Waals surface area (Å²) in [6, 6.07) is 3.30. The molecule has 0 bridgehead atoms. The summed E-state index contributed by atoms with van der Waals surface area (Å²) in [6.07, 6.45) is 0.648. The Morgan fingerprint density at radius 2 is 2.25 bits per heavy atom. The first-order valence-corrected chi connectivity index (χ1v) is 9.25. The van der Waals surface area contributed by atoms with Gasteiger partial charge in [-0.25, -0.2) is 12.7 Å². The second kappa shape index (κ2) is 5.09. The van der Waals surface area contributed by atoms with Crippen molar-refractivity contribution >= 4 is 50.2 Å². The molecular weight excluding hydrogens is 339 g/mol. The highest BCUT2D eigenvalue weighted by atomic mass is 35.5. The summed E-state index contributed by atoms with van der Waals surface area (Å²) in [4.78, 5) is 5.36. The van der Waals surface area contributed by atoms with Crippen LogP contribution in [0.5, 0.6) is 0 Å². The molecule has 1 unspecified atom stereocenters. The van der Waals surface area contributed by atoms with Gasteiger partial charge in [0.15, 0.2) is 5.17 Å². The van der Waals surface area contributed by atoms with E-state index in [2.05, 4.69) is 4.99 Å². The van der Waals surface area contributed by atoms with Crippen molar-refractivity contribution in [1.29, 1.82) is 0 Å². The molecule has 1 atom stereocenters. The Bertz CT molecular complexity index is 704. The van der Waals surface area contributed by atoms with Gasteiger partial charge in [-0.1, -0.05) is 11.6 Å². The lowest BCUT2D eigenvalue weighted by atomic mass is 10.2. The average molecular weight is 351 g/mol. The molecule has 0 aromatic heterocycles. The van der Waals surface area contributed by atoms with Crippen LogP contribution in [-0.2, 0) is 10.0 Å². The first-order chi connectivity index (χ1) is 9.43. The molecule has 0 saturated heterocycles. The molecule has 2 aliphatic rings. The van der Waals surface area contributed by atoms with Gasteiger partial charge < -0.3 is 0 Å². The minimum Gasteiger partial charge on any atom is -0.257 e. The van der Waals surface area contributed by atoms with Gasteiger partial charge in [0.05, 0.1) is 6.04 Å². The zero-order valence-corrected chi connectivity index (χ0v) is 13.8. The maximum Gasteiger partial charge on any atom is 0.267 e. The molecule has 0 aliphatic carbocycles. The van der Waals surface area contributed by atoms with Crippen molar-refractivity contribution in [2.45, 2.75) is 29.2 Å². The van der Waals surface area contributed by atoms with Crippen LogP contribution in [0.2, 0.25) is 5.02 Å². The Labute approximate surface area is 132 Å². The fourth-order valence-corrected chi connectivity index (χ4v) is 5.90. The Kier molecular flexibility index (Phi) is 3.69. The predicted octanol–water partition coefficient (Wildman–Crippen LogP) is 3.11. The SMILES string of the molecule is Cc1cc2c(cc1Cl)SC1=NC(CCl)CCN1S2(=O)=O. The number of thioether (sulfide) groups is 1. The van der Waals surface area contributed by atoms with Gasteiger partial charge in [0.1, 0.15) is 4.90 Å². The van der Waals surface area contributed by atoms with Gasteiger partial charge in [-0.3, -0.25) is 4.99 Å². The molecule has 0 N–H and O–H groups in total. The van der Waals surface area contributed by atoms with Crippen LogP contribution in [0.3, 0.4) is 0 Å². The third-order valence-corrected chi connectivity index (χ3v) is 7.25.